The number of benzene rings is 3. The first-order chi connectivity index (χ1) is 14.0. The normalized spacial score (nSPS) is 10.7. The highest BCUT2D eigenvalue weighted by Crippen LogP contribution is 2.30. The summed E-state index contributed by atoms with van der Waals surface area (Å²) in [7, 11) is 0. The minimum atomic E-state index is -0.900. The summed E-state index contributed by atoms with van der Waals surface area (Å²) >= 11 is 1.46. The number of hydrogen-bond donors (Lipinski definition) is 1. The molecule has 1 amide bonds. The van der Waals surface area contributed by atoms with E-state index in [1.165, 1.54) is 17.4 Å². The van der Waals surface area contributed by atoms with Gasteiger partial charge in [-0.3, -0.25) is 4.79 Å². The Balaban J connectivity index is 1.59. The molecule has 0 aliphatic heterocycles. The van der Waals surface area contributed by atoms with Gasteiger partial charge in [-0.25, -0.2) is 8.78 Å². The second kappa shape index (κ2) is 7.89. The summed E-state index contributed by atoms with van der Waals surface area (Å²) in [5.41, 5.74) is 5.56. The summed E-state index contributed by atoms with van der Waals surface area (Å²) in [6, 6.07) is 16.5. The van der Waals surface area contributed by atoms with Crippen LogP contribution in [0.1, 0.15) is 15.9 Å². The van der Waals surface area contributed by atoms with Crippen LogP contribution in [-0.2, 0) is 0 Å². The molecular formula is C22H15F2N3OS. The Labute approximate surface area is 169 Å². The molecule has 0 aliphatic rings. The van der Waals surface area contributed by atoms with E-state index in [-0.39, 0.29) is 0 Å². The van der Waals surface area contributed by atoms with Gasteiger partial charge in [0.1, 0.15) is 27.7 Å². The van der Waals surface area contributed by atoms with Crippen LogP contribution in [0, 0.1) is 18.6 Å². The number of nitrogens with one attached hydrogen (secondary N) is 1. The van der Waals surface area contributed by atoms with Crippen LogP contribution in [0.15, 0.2) is 66.2 Å². The molecule has 4 nitrogen and oxygen atoms in total. The van der Waals surface area contributed by atoms with Gasteiger partial charge in [0.05, 0.1) is 0 Å². The minimum Gasteiger partial charge on any atom is -0.322 e. The quantitative estimate of drug-likeness (QED) is 0.471. The Morgan fingerprint density at radius 1 is 0.966 bits per heavy atom. The van der Waals surface area contributed by atoms with Crippen molar-refractivity contribution >= 4 is 22.9 Å². The van der Waals surface area contributed by atoms with Crippen molar-refractivity contribution in [2.24, 2.45) is 0 Å². The Morgan fingerprint density at radius 3 is 2.31 bits per heavy atom. The third-order valence-electron chi connectivity index (χ3n) is 4.49. The summed E-state index contributed by atoms with van der Waals surface area (Å²) in [6.45, 7) is 2.01. The number of halogens is 2. The molecule has 144 valence electrons. The zero-order chi connectivity index (χ0) is 20.4. The van der Waals surface area contributed by atoms with Gasteiger partial charge in [0.15, 0.2) is 0 Å². The van der Waals surface area contributed by atoms with Gasteiger partial charge in [0.25, 0.3) is 5.91 Å². The van der Waals surface area contributed by atoms with E-state index >= 15 is 0 Å². The molecule has 0 saturated carbocycles. The Kier molecular flexibility index (Phi) is 5.14. The van der Waals surface area contributed by atoms with Crippen LogP contribution in [-0.4, -0.2) is 16.1 Å². The third-order valence-corrected chi connectivity index (χ3v) is 5.23. The predicted octanol–water partition coefficient (Wildman–Crippen LogP) is 5.71. The van der Waals surface area contributed by atoms with Gasteiger partial charge in [-0.2, -0.15) is 0 Å². The van der Waals surface area contributed by atoms with Crippen molar-refractivity contribution in [1.29, 1.82) is 0 Å². The molecule has 29 heavy (non-hydrogen) atoms. The van der Waals surface area contributed by atoms with E-state index in [9.17, 15) is 13.6 Å². The first-order valence-corrected chi connectivity index (χ1v) is 9.64. The van der Waals surface area contributed by atoms with Gasteiger partial charge in [0, 0.05) is 11.3 Å². The molecule has 4 aromatic rings. The molecule has 0 fully saturated rings. The largest absolute Gasteiger partial charge is 0.322 e. The van der Waals surface area contributed by atoms with Crippen molar-refractivity contribution in [3.8, 4) is 21.7 Å². The van der Waals surface area contributed by atoms with E-state index in [1.54, 1.807) is 17.6 Å². The number of rotatable bonds is 4. The molecule has 7 heteroatoms. The fourth-order valence-electron chi connectivity index (χ4n) is 3.01. The number of amides is 1. The highest BCUT2D eigenvalue weighted by Gasteiger charge is 2.17. The maximum atomic E-state index is 13.8. The van der Waals surface area contributed by atoms with Crippen molar-refractivity contribution in [2.45, 2.75) is 6.92 Å². The molecule has 1 N–H and O–H groups in total. The lowest BCUT2D eigenvalue weighted by atomic mass is 9.98. The number of aryl methyl sites for hydroxylation is 1. The Morgan fingerprint density at radius 2 is 1.66 bits per heavy atom. The number of hydrogen-bond acceptors (Lipinski definition) is 4. The van der Waals surface area contributed by atoms with E-state index in [0.717, 1.165) is 39.4 Å². The highest BCUT2D eigenvalue weighted by molar-refractivity contribution is 7.12. The second-order valence-electron chi connectivity index (χ2n) is 6.40. The van der Waals surface area contributed by atoms with Gasteiger partial charge in [0.2, 0.25) is 0 Å². The van der Waals surface area contributed by atoms with Crippen molar-refractivity contribution in [3.63, 3.8) is 0 Å². The van der Waals surface area contributed by atoms with Crippen molar-refractivity contribution in [2.75, 3.05) is 5.32 Å². The van der Waals surface area contributed by atoms with Crippen LogP contribution in [0.25, 0.3) is 21.7 Å². The number of carbonyl (C=O) groups excluding carboxylic acids is 1. The first kappa shape index (κ1) is 18.9. The van der Waals surface area contributed by atoms with Gasteiger partial charge in [-0.15, -0.1) is 10.2 Å². The lowest BCUT2D eigenvalue weighted by molar-refractivity contribution is 0.101. The SMILES string of the molecule is Cc1ccc(-c2nncs2)cc1-c1ccc(NC(=O)c2c(F)cccc2F)cc1. The van der Waals surface area contributed by atoms with Crippen molar-refractivity contribution < 1.29 is 13.6 Å². The Bertz CT molecular complexity index is 1160. The summed E-state index contributed by atoms with van der Waals surface area (Å²) in [5.74, 6) is -2.63. The zero-order valence-corrected chi connectivity index (χ0v) is 16.1. The molecule has 0 aliphatic carbocycles. The molecule has 0 radical (unpaired) electrons. The van der Waals surface area contributed by atoms with E-state index < -0.39 is 23.1 Å². The smallest absolute Gasteiger partial charge is 0.261 e. The summed E-state index contributed by atoms with van der Waals surface area (Å²) in [4.78, 5) is 12.2. The van der Waals surface area contributed by atoms with E-state index in [2.05, 4.69) is 15.5 Å². The molecular weight excluding hydrogens is 392 g/mol. The Hall–Kier alpha value is -3.45. The lowest BCUT2D eigenvalue weighted by Crippen LogP contribution is -2.15. The van der Waals surface area contributed by atoms with E-state index in [4.69, 9.17) is 0 Å². The summed E-state index contributed by atoms with van der Waals surface area (Å²) in [5, 5.41) is 11.3. The number of nitrogens with zero attached hydrogens (tertiary/aromatic N) is 2. The minimum absolute atomic E-state index is 0.444. The van der Waals surface area contributed by atoms with Crippen LogP contribution < -0.4 is 5.32 Å². The number of carbonyl (C=O) groups is 1. The molecule has 0 unspecified atom stereocenters. The van der Waals surface area contributed by atoms with Crippen LogP contribution in [0.3, 0.4) is 0 Å². The van der Waals surface area contributed by atoms with Crippen LogP contribution >= 0.6 is 11.3 Å². The van der Waals surface area contributed by atoms with Crippen molar-refractivity contribution in [1.82, 2.24) is 10.2 Å². The number of aromatic nitrogens is 2. The summed E-state index contributed by atoms with van der Waals surface area (Å²) in [6.07, 6.45) is 0. The van der Waals surface area contributed by atoms with Gasteiger partial charge in [-0.05, 0) is 53.9 Å². The third kappa shape index (κ3) is 3.90. The molecule has 4 rings (SSSR count). The van der Waals surface area contributed by atoms with Crippen LogP contribution in [0.5, 0.6) is 0 Å². The topological polar surface area (TPSA) is 54.9 Å². The molecule has 1 aromatic heterocycles. The van der Waals surface area contributed by atoms with E-state index in [1.807, 2.05) is 37.3 Å². The van der Waals surface area contributed by atoms with Crippen molar-refractivity contribution in [3.05, 3.63) is 88.9 Å². The fraction of sp³-hybridized carbons (Fsp3) is 0.0455. The number of anilines is 1. The lowest BCUT2D eigenvalue weighted by Gasteiger charge is -2.10. The molecule has 0 saturated heterocycles. The van der Waals surface area contributed by atoms with Gasteiger partial charge >= 0.3 is 0 Å². The second-order valence-corrected chi connectivity index (χ2v) is 7.23. The maximum absolute atomic E-state index is 13.8. The monoisotopic (exact) mass is 407 g/mol. The molecule has 0 bridgehead atoms. The highest BCUT2D eigenvalue weighted by atomic mass is 32.1. The first-order valence-electron chi connectivity index (χ1n) is 8.76. The zero-order valence-electron chi connectivity index (χ0n) is 15.3. The fourth-order valence-corrected chi connectivity index (χ4v) is 3.56. The standard InChI is InChI=1S/C22H15F2N3OS/c1-13-5-6-15(22-27-25-12-29-22)11-17(13)14-7-9-16(10-8-14)26-21(28)20-18(23)3-2-4-19(20)24/h2-12H,1H3,(H,26,28). The maximum Gasteiger partial charge on any atom is 0.261 e. The molecule has 3 aromatic carbocycles. The van der Waals surface area contributed by atoms with Gasteiger partial charge in [-0.1, -0.05) is 41.7 Å². The van der Waals surface area contributed by atoms with Crippen LogP contribution in [0.2, 0.25) is 0 Å². The van der Waals surface area contributed by atoms with E-state index in [0.29, 0.717) is 5.69 Å². The van der Waals surface area contributed by atoms with Crippen LogP contribution in [0.4, 0.5) is 14.5 Å². The average Bonchev–Trinajstić information content (AvgIpc) is 3.24. The molecule has 0 atom stereocenters. The molecule has 1 heterocycles. The summed E-state index contributed by atoms with van der Waals surface area (Å²) < 4.78 is 27.6. The van der Waals surface area contributed by atoms with Gasteiger partial charge < -0.3 is 5.32 Å². The molecule has 0 spiro atoms. The predicted molar refractivity (Wildman–Crippen MR) is 110 cm³/mol. The average molecular weight is 407 g/mol.